The van der Waals surface area contributed by atoms with Gasteiger partial charge in [0.1, 0.15) is 6.04 Å². The summed E-state index contributed by atoms with van der Waals surface area (Å²) in [6, 6.07) is 4.46. The van der Waals surface area contributed by atoms with Crippen LogP contribution in [0, 0.1) is 6.92 Å². The first-order valence-electron chi connectivity index (χ1n) is 6.77. The first-order valence-corrected chi connectivity index (χ1v) is 6.77. The molecule has 0 saturated carbocycles. The third kappa shape index (κ3) is 5.33. The van der Waals surface area contributed by atoms with Crippen LogP contribution in [0.5, 0.6) is 11.5 Å². The first-order chi connectivity index (χ1) is 9.97. The molecule has 6 heteroatoms. The molecule has 21 heavy (non-hydrogen) atoms. The monoisotopic (exact) mass is 295 g/mol. The minimum atomic E-state index is -1.04. The van der Waals surface area contributed by atoms with Gasteiger partial charge < -0.3 is 19.9 Å². The third-order valence-electron chi connectivity index (χ3n) is 2.89. The Kier molecular flexibility index (Phi) is 6.52. The van der Waals surface area contributed by atoms with E-state index in [0.717, 1.165) is 5.56 Å². The maximum absolute atomic E-state index is 11.7. The molecule has 0 bridgehead atoms. The van der Waals surface area contributed by atoms with Crippen LogP contribution in [0.2, 0.25) is 0 Å². The SMILES string of the molecule is CCC[C@@H](NC(=O)COc1ccc(C)cc1OC)C(=O)O. The molecule has 0 aliphatic heterocycles. The first kappa shape index (κ1) is 16.8. The minimum absolute atomic E-state index is 0.257. The smallest absolute Gasteiger partial charge is 0.326 e. The fourth-order valence-corrected chi connectivity index (χ4v) is 1.82. The summed E-state index contributed by atoms with van der Waals surface area (Å²) in [7, 11) is 1.52. The molecule has 0 aliphatic rings. The van der Waals surface area contributed by atoms with Gasteiger partial charge in [-0.3, -0.25) is 4.79 Å². The summed E-state index contributed by atoms with van der Waals surface area (Å²) in [6.07, 6.45) is 1.05. The lowest BCUT2D eigenvalue weighted by Crippen LogP contribution is -2.42. The summed E-state index contributed by atoms with van der Waals surface area (Å²) in [5, 5.41) is 11.4. The fourth-order valence-electron chi connectivity index (χ4n) is 1.82. The number of carbonyl (C=O) groups excluding carboxylic acids is 1. The molecule has 0 radical (unpaired) electrons. The van der Waals surface area contributed by atoms with E-state index in [9.17, 15) is 9.59 Å². The number of aryl methyl sites for hydroxylation is 1. The summed E-state index contributed by atoms with van der Waals surface area (Å²) in [5.41, 5.74) is 1.01. The Labute approximate surface area is 124 Å². The van der Waals surface area contributed by atoms with Gasteiger partial charge in [0.05, 0.1) is 7.11 Å². The second kappa shape index (κ2) is 8.14. The molecule has 1 aromatic rings. The van der Waals surface area contributed by atoms with Crippen molar-refractivity contribution in [3.8, 4) is 11.5 Å². The van der Waals surface area contributed by atoms with Crippen molar-refractivity contribution in [1.29, 1.82) is 0 Å². The summed E-state index contributed by atoms with van der Waals surface area (Å²) in [5.74, 6) is -0.539. The Morgan fingerprint density at radius 3 is 2.62 bits per heavy atom. The molecule has 1 aromatic carbocycles. The number of aliphatic carboxylic acids is 1. The van der Waals surface area contributed by atoms with Crippen LogP contribution in [0.4, 0.5) is 0 Å². The second-order valence-electron chi connectivity index (χ2n) is 4.69. The zero-order chi connectivity index (χ0) is 15.8. The Hall–Kier alpha value is -2.24. The maximum atomic E-state index is 11.7. The van der Waals surface area contributed by atoms with Crippen LogP contribution >= 0.6 is 0 Å². The van der Waals surface area contributed by atoms with Crippen molar-refractivity contribution in [2.75, 3.05) is 13.7 Å². The molecular formula is C15H21NO5. The Bertz CT molecular complexity index is 501. The second-order valence-corrected chi connectivity index (χ2v) is 4.69. The highest BCUT2D eigenvalue weighted by atomic mass is 16.5. The maximum Gasteiger partial charge on any atom is 0.326 e. The minimum Gasteiger partial charge on any atom is -0.493 e. The zero-order valence-electron chi connectivity index (χ0n) is 12.5. The molecule has 0 heterocycles. The Balaban J connectivity index is 2.58. The summed E-state index contributed by atoms with van der Waals surface area (Å²) in [4.78, 5) is 22.7. The molecule has 2 N–H and O–H groups in total. The normalized spacial score (nSPS) is 11.6. The summed E-state index contributed by atoms with van der Waals surface area (Å²) in [6.45, 7) is 3.52. The number of rotatable bonds is 8. The highest BCUT2D eigenvalue weighted by Gasteiger charge is 2.19. The van der Waals surface area contributed by atoms with E-state index < -0.39 is 17.9 Å². The van der Waals surface area contributed by atoms with E-state index in [-0.39, 0.29) is 6.61 Å². The van der Waals surface area contributed by atoms with Crippen molar-refractivity contribution in [3.05, 3.63) is 23.8 Å². The molecule has 0 aliphatic carbocycles. The van der Waals surface area contributed by atoms with Gasteiger partial charge in [-0.2, -0.15) is 0 Å². The number of ether oxygens (including phenoxy) is 2. The predicted molar refractivity (Wildman–Crippen MR) is 77.7 cm³/mol. The highest BCUT2D eigenvalue weighted by molar-refractivity contribution is 5.84. The number of methoxy groups -OCH3 is 1. The van der Waals surface area contributed by atoms with Crippen LogP contribution in [0.25, 0.3) is 0 Å². The number of hydrogen-bond acceptors (Lipinski definition) is 4. The van der Waals surface area contributed by atoms with Crippen molar-refractivity contribution in [3.63, 3.8) is 0 Å². The van der Waals surface area contributed by atoms with Crippen LogP contribution in [-0.2, 0) is 9.59 Å². The van der Waals surface area contributed by atoms with Crippen molar-refractivity contribution in [2.24, 2.45) is 0 Å². The van der Waals surface area contributed by atoms with Crippen LogP contribution in [0.3, 0.4) is 0 Å². The van der Waals surface area contributed by atoms with Gasteiger partial charge in [-0.15, -0.1) is 0 Å². The van der Waals surface area contributed by atoms with E-state index in [1.165, 1.54) is 7.11 Å². The lowest BCUT2D eigenvalue weighted by molar-refractivity contribution is -0.142. The van der Waals surface area contributed by atoms with Crippen LogP contribution in [-0.4, -0.2) is 36.7 Å². The van der Waals surface area contributed by atoms with E-state index in [0.29, 0.717) is 24.3 Å². The molecule has 1 rings (SSSR count). The lowest BCUT2D eigenvalue weighted by Gasteiger charge is -2.15. The summed E-state index contributed by atoms with van der Waals surface area (Å²) < 4.78 is 10.5. The number of hydrogen-bond donors (Lipinski definition) is 2. The molecule has 1 amide bonds. The van der Waals surface area contributed by atoms with Crippen LogP contribution < -0.4 is 14.8 Å². The molecule has 6 nitrogen and oxygen atoms in total. The van der Waals surface area contributed by atoms with Gasteiger partial charge in [0, 0.05) is 0 Å². The van der Waals surface area contributed by atoms with Gasteiger partial charge in [-0.1, -0.05) is 19.4 Å². The molecule has 116 valence electrons. The van der Waals surface area contributed by atoms with Crippen molar-refractivity contribution in [2.45, 2.75) is 32.7 Å². The molecule has 1 atom stereocenters. The van der Waals surface area contributed by atoms with Gasteiger partial charge in [0.15, 0.2) is 18.1 Å². The van der Waals surface area contributed by atoms with Crippen LogP contribution in [0.15, 0.2) is 18.2 Å². The van der Waals surface area contributed by atoms with Gasteiger partial charge in [-0.25, -0.2) is 4.79 Å². The van der Waals surface area contributed by atoms with Gasteiger partial charge in [0.2, 0.25) is 0 Å². The van der Waals surface area contributed by atoms with Gasteiger partial charge in [0.25, 0.3) is 5.91 Å². The third-order valence-corrected chi connectivity index (χ3v) is 2.89. The molecular weight excluding hydrogens is 274 g/mol. The Morgan fingerprint density at radius 1 is 1.33 bits per heavy atom. The summed E-state index contributed by atoms with van der Waals surface area (Å²) >= 11 is 0. The zero-order valence-corrected chi connectivity index (χ0v) is 12.5. The van der Waals surface area contributed by atoms with Crippen molar-refractivity contribution in [1.82, 2.24) is 5.32 Å². The number of amides is 1. The largest absolute Gasteiger partial charge is 0.493 e. The number of carbonyl (C=O) groups is 2. The lowest BCUT2D eigenvalue weighted by atomic mass is 10.2. The standard InChI is InChI=1S/C15H21NO5/c1-4-5-11(15(18)19)16-14(17)9-21-12-7-6-10(2)8-13(12)20-3/h6-8,11H,4-5,9H2,1-3H3,(H,16,17)(H,18,19)/t11-/m1/s1. The average Bonchev–Trinajstić information content (AvgIpc) is 2.45. The average molecular weight is 295 g/mol. The van der Waals surface area contributed by atoms with E-state index in [1.807, 2.05) is 19.9 Å². The van der Waals surface area contributed by atoms with Gasteiger partial charge in [-0.05, 0) is 31.0 Å². The number of benzene rings is 1. The molecule has 0 spiro atoms. The molecule has 0 fully saturated rings. The number of carboxylic acid groups (broad SMARTS) is 1. The molecule has 0 unspecified atom stereocenters. The van der Waals surface area contributed by atoms with E-state index >= 15 is 0 Å². The van der Waals surface area contributed by atoms with Crippen LogP contribution in [0.1, 0.15) is 25.3 Å². The molecule has 0 aromatic heterocycles. The highest BCUT2D eigenvalue weighted by Crippen LogP contribution is 2.27. The fraction of sp³-hybridized carbons (Fsp3) is 0.467. The quantitative estimate of drug-likeness (QED) is 0.763. The van der Waals surface area contributed by atoms with Crippen molar-refractivity contribution >= 4 is 11.9 Å². The topological polar surface area (TPSA) is 84.9 Å². The van der Waals surface area contributed by atoms with Gasteiger partial charge >= 0.3 is 5.97 Å². The van der Waals surface area contributed by atoms with E-state index in [2.05, 4.69) is 5.32 Å². The number of nitrogens with one attached hydrogen (secondary N) is 1. The van der Waals surface area contributed by atoms with E-state index in [4.69, 9.17) is 14.6 Å². The Morgan fingerprint density at radius 2 is 2.05 bits per heavy atom. The van der Waals surface area contributed by atoms with E-state index in [1.54, 1.807) is 12.1 Å². The van der Waals surface area contributed by atoms with Crippen molar-refractivity contribution < 1.29 is 24.2 Å². The number of carboxylic acids is 1. The predicted octanol–water partition coefficient (Wildman–Crippen LogP) is 1.75. The molecule has 0 saturated heterocycles.